The fraction of sp³-hybridized carbons (Fsp3) is 0.286. The molecule has 0 unspecified atom stereocenters. The van der Waals surface area contributed by atoms with Gasteiger partial charge in [-0.3, -0.25) is 19.5 Å². The van der Waals surface area contributed by atoms with Gasteiger partial charge in [-0.05, 0) is 42.3 Å². The third-order valence-corrected chi connectivity index (χ3v) is 5.02. The van der Waals surface area contributed by atoms with E-state index in [9.17, 15) is 9.59 Å². The van der Waals surface area contributed by atoms with Crippen molar-refractivity contribution in [3.63, 3.8) is 0 Å². The number of carbonyl (C=O) groups is 2. The van der Waals surface area contributed by atoms with Gasteiger partial charge in [-0.1, -0.05) is 12.1 Å². The molecule has 0 aliphatic carbocycles. The third kappa shape index (κ3) is 3.31. The number of carbonyl (C=O) groups excluding carboxylic acids is 2. The van der Waals surface area contributed by atoms with E-state index in [0.717, 1.165) is 23.5 Å². The Kier molecular flexibility index (Phi) is 4.73. The average Bonchev–Trinajstić information content (AvgIpc) is 3.21. The van der Waals surface area contributed by atoms with Crippen LogP contribution in [0.25, 0.3) is 0 Å². The molecule has 0 saturated heterocycles. The van der Waals surface area contributed by atoms with E-state index in [-0.39, 0.29) is 11.8 Å². The van der Waals surface area contributed by atoms with Crippen molar-refractivity contribution >= 4 is 29.1 Å². The lowest BCUT2D eigenvalue weighted by atomic mass is 10.1. The van der Waals surface area contributed by atoms with Crippen molar-refractivity contribution < 1.29 is 14.3 Å². The first-order valence-corrected chi connectivity index (χ1v) is 9.23. The standard InChI is InChI=1S/C21H22N4O3/c1-24-20(27)17-13-15(6-9-18(17)25-12-11-22-21(24)25)23-19(26)10-5-14-3-7-16(28-2)8-4-14/h3-4,6-9,13H,5,10-12H2,1-2H3,(H,23,26). The van der Waals surface area contributed by atoms with Gasteiger partial charge in [0.25, 0.3) is 5.91 Å². The van der Waals surface area contributed by atoms with Crippen molar-refractivity contribution in [2.24, 2.45) is 4.99 Å². The van der Waals surface area contributed by atoms with Gasteiger partial charge in [0.2, 0.25) is 11.9 Å². The molecule has 2 aromatic carbocycles. The predicted octanol–water partition coefficient (Wildman–Crippen LogP) is 2.53. The quantitative estimate of drug-likeness (QED) is 0.868. The number of aliphatic imine (C=N–C) groups is 1. The fourth-order valence-electron chi connectivity index (χ4n) is 3.52. The van der Waals surface area contributed by atoms with E-state index < -0.39 is 0 Å². The van der Waals surface area contributed by atoms with Gasteiger partial charge in [0.05, 0.1) is 24.9 Å². The number of methoxy groups -OCH3 is 1. The Bertz CT molecular complexity index is 953. The molecule has 0 saturated carbocycles. The summed E-state index contributed by atoms with van der Waals surface area (Å²) in [6.45, 7) is 1.43. The van der Waals surface area contributed by atoms with E-state index in [1.165, 1.54) is 0 Å². The van der Waals surface area contributed by atoms with Gasteiger partial charge in [0.15, 0.2) is 0 Å². The molecule has 0 atom stereocenters. The number of aryl methyl sites for hydroxylation is 1. The van der Waals surface area contributed by atoms with Gasteiger partial charge in [-0.15, -0.1) is 0 Å². The lowest BCUT2D eigenvalue weighted by Crippen LogP contribution is -2.48. The number of ether oxygens (including phenoxy) is 1. The Morgan fingerprint density at radius 2 is 2.00 bits per heavy atom. The highest BCUT2D eigenvalue weighted by atomic mass is 16.5. The second-order valence-corrected chi connectivity index (χ2v) is 6.83. The molecule has 2 aliphatic heterocycles. The zero-order valence-electron chi connectivity index (χ0n) is 15.9. The lowest BCUT2D eigenvalue weighted by molar-refractivity contribution is -0.116. The fourth-order valence-corrected chi connectivity index (χ4v) is 3.52. The number of guanidine groups is 1. The number of nitrogens with one attached hydrogen (secondary N) is 1. The van der Waals surface area contributed by atoms with Crippen LogP contribution < -0.4 is 15.0 Å². The van der Waals surface area contributed by atoms with Gasteiger partial charge >= 0.3 is 0 Å². The van der Waals surface area contributed by atoms with Crippen LogP contribution in [-0.2, 0) is 11.2 Å². The van der Waals surface area contributed by atoms with Crippen LogP contribution in [0.2, 0.25) is 0 Å². The third-order valence-electron chi connectivity index (χ3n) is 5.02. The SMILES string of the molecule is COc1ccc(CCC(=O)Nc2ccc3c(c2)C(=O)N(C)C2=NCCN23)cc1. The van der Waals surface area contributed by atoms with E-state index in [4.69, 9.17) is 4.74 Å². The van der Waals surface area contributed by atoms with E-state index in [1.54, 1.807) is 25.1 Å². The predicted molar refractivity (Wildman–Crippen MR) is 108 cm³/mol. The van der Waals surface area contributed by atoms with Crippen LogP contribution in [-0.4, -0.2) is 49.9 Å². The molecule has 0 radical (unpaired) electrons. The topological polar surface area (TPSA) is 74.2 Å². The molecule has 7 heteroatoms. The van der Waals surface area contributed by atoms with Crippen molar-refractivity contribution in [2.45, 2.75) is 12.8 Å². The number of benzene rings is 2. The summed E-state index contributed by atoms with van der Waals surface area (Å²) in [4.78, 5) is 33.0. The molecule has 0 aromatic heterocycles. The highest BCUT2D eigenvalue weighted by Crippen LogP contribution is 2.32. The minimum Gasteiger partial charge on any atom is -0.497 e. The molecule has 0 spiro atoms. The molecule has 7 nitrogen and oxygen atoms in total. The minimum atomic E-state index is -0.110. The summed E-state index contributed by atoms with van der Waals surface area (Å²) in [5.74, 6) is 1.29. The van der Waals surface area contributed by atoms with Crippen LogP contribution in [0.4, 0.5) is 11.4 Å². The van der Waals surface area contributed by atoms with Crippen molar-refractivity contribution in [2.75, 3.05) is 37.5 Å². The summed E-state index contributed by atoms with van der Waals surface area (Å²) >= 11 is 0. The van der Waals surface area contributed by atoms with Gasteiger partial charge < -0.3 is 15.0 Å². The monoisotopic (exact) mass is 378 g/mol. The Hall–Kier alpha value is -3.35. The molecule has 2 amide bonds. The van der Waals surface area contributed by atoms with Crippen LogP contribution in [0.15, 0.2) is 47.5 Å². The highest BCUT2D eigenvalue weighted by Gasteiger charge is 2.35. The maximum absolute atomic E-state index is 12.7. The zero-order chi connectivity index (χ0) is 19.7. The first-order valence-electron chi connectivity index (χ1n) is 9.23. The minimum absolute atomic E-state index is 0.0872. The van der Waals surface area contributed by atoms with Crippen LogP contribution in [0.3, 0.4) is 0 Å². The Labute approximate surface area is 163 Å². The van der Waals surface area contributed by atoms with Crippen molar-refractivity contribution in [3.05, 3.63) is 53.6 Å². The molecule has 0 fully saturated rings. The van der Waals surface area contributed by atoms with E-state index in [1.807, 2.05) is 41.3 Å². The first kappa shape index (κ1) is 18.0. The molecular formula is C21H22N4O3. The Morgan fingerprint density at radius 1 is 1.21 bits per heavy atom. The molecular weight excluding hydrogens is 356 g/mol. The normalized spacial score (nSPS) is 15.1. The molecule has 2 aromatic rings. The van der Waals surface area contributed by atoms with Crippen LogP contribution >= 0.6 is 0 Å². The second kappa shape index (κ2) is 7.34. The summed E-state index contributed by atoms with van der Waals surface area (Å²) in [5.41, 5.74) is 3.12. The number of rotatable bonds is 5. The van der Waals surface area contributed by atoms with Crippen molar-refractivity contribution in [1.29, 1.82) is 0 Å². The largest absolute Gasteiger partial charge is 0.497 e. The molecule has 0 bridgehead atoms. The highest BCUT2D eigenvalue weighted by molar-refractivity contribution is 6.19. The van der Waals surface area contributed by atoms with E-state index in [2.05, 4.69) is 10.3 Å². The van der Waals surface area contributed by atoms with E-state index >= 15 is 0 Å². The maximum Gasteiger partial charge on any atom is 0.262 e. The maximum atomic E-state index is 12.7. The smallest absolute Gasteiger partial charge is 0.262 e. The first-order chi connectivity index (χ1) is 13.6. The number of nitrogens with zero attached hydrogens (tertiary/aromatic N) is 3. The number of hydrogen-bond donors (Lipinski definition) is 1. The van der Waals surface area contributed by atoms with Gasteiger partial charge in [0.1, 0.15) is 5.75 Å². The Morgan fingerprint density at radius 3 is 2.75 bits per heavy atom. The lowest BCUT2D eigenvalue weighted by Gasteiger charge is -2.33. The molecule has 2 aliphatic rings. The van der Waals surface area contributed by atoms with Crippen molar-refractivity contribution in [1.82, 2.24) is 4.90 Å². The molecule has 4 rings (SSSR count). The second-order valence-electron chi connectivity index (χ2n) is 6.83. The van der Waals surface area contributed by atoms with Gasteiger partial charge in [-0.2, -0.15) is 0 Å². The molecule has 1 N–H and O–H groups in total. The number of amides is 2. The Balaban J connectivity index is 1.43. The van der Waals surface area contributed by atoms with Gasteiger partial charge in [0, 0.05) is 25.7 Å². The van der Waals surface area contributed by atoms with Crippen molar-refractivity contribution in [3.8, 4) is 5.75 Å². The summed E-state index contributed by atoms with van der Waals surface area (Å²) in [7, 11) is 3.35. The van der Waals surface area contributed by atoms with Crippen LogP contribution in [0, 0.1) is 0 Å². The van der Waals surface area contributed by atoms with E-state index in [0.29, 0.717) is 36.6 Å². The summed E-state index contributed by atoms with van der Waals surface area (Å²) in [5, 5.41) is 2.90. The summed E-state index contributed by atoms with van der Waals surface area (Å²) < 4.78 is 5.14. The number of fused-ring (bicyclic) bond motifs is 3. The van der Waals surface area contributed by atoms with Gasteiger partial charge in [-0.25, -0.2) is 0 Å². The van der Waals surface area contributed by atoms with Crippen LogP contribution in [0.5, 0.6) is 5.75 Å². The van der Waals surface area contributed by atoms with Crippen LogP contribution in [0.1, 0.15) is 22.3 Å². The molecule has 2 heterocycles. The number of anilines is 2. The number of hydrogen-bond acceptors (Lipinski definition) is 5. The summed E-state index contributed by atoms with van der Waals surface area (Å²) in [6, 6.07) is 13.1. The zero-order valence-corrected chi connectivity index (χ0v) is 15.9. The summed E-state index contributed by atoms with van der Waals surface area (Å²) in [6.07, 6.45) is 0.996. The molecule has 144 valence electrons. The average molecular weight is 378 g/mol. The molecule has 28 heavy (non-hydrogen) atoms.